The Morgan fingerprint density at radius 2 is 2.40 bits per heavy atom. The van der Waals surface area contributed by atoms with Crippen molar-refractivity contribution in [2.45, 2.75) is 6.92 Å². The van der Waals surface area contributed by atoms with Gasteiger partial charge in [0, 0.05) is 4.88 Å². The predicted molar refractivity (Wildman–Crippen MR) is 41.6 cm³/mol. The van der Waals surface area contributed by atoms with Crippen molar-refractivity contribution in [3.05, 3.63) is 21.9 Å². The minimum Gasteiger partial charge on any atom is -0.409 e. The molecule has 0 aliphatic rings. The highest BCUT2D eigenvalue weighted by Gasteiger charge is 1.99. The summed E-state index contributed by atoms with van der Waals surface area (Å²) in [7, 11) is 0. The SMILES string of the molecule is Cc1ccc(C(N)=NO)s1. The molecule has 0 fully saturated rings. The Hall–Kier alpha value is -1.03. The largest absolute Gasteiger partial charge is 0.409 e. The molecule has 0 radical (unpaired) electrons. The van der Waals surface area contributed by atoms with E-state index in [1.165, 1.54) is 11.3 Å². The first kappa shape index (κ1) is 7.08. The number of amidine groups is 1. The zero-order chi connectivity index (χ0) is 7.56. The van der Waals surface area contributed by atoms with Gasteiger partial charge in [-0.15, -0.1) is 11.3 Å². The van der Waals surface area contributed by atoms with Crippen LogP contribution in [0.15, 0.2) is 17.3 Å². The van der Waals surface area contributed by atoms with Crippen LogP contribution in [0.1, 0.15) is 9.75 Å². The summed E-state index contributed by atoms with van der Waals surface area (Å²) in [6.45, 7) is 1.97. The maximum absolute atomic E-state index is 8.27. The molecule has 1 heterocycles. The van der Waals surface area contributed by atoms with Gasteiger partial charge in [-0.05, 0) is 19.1 Å². The first-order valence-corrected chi connectivity index (χ1v) is 3.60. The van der Waals surface area contributed by atoms with Gasteiger partial charge in [-0.1, -0.05) is 5.16 Å². The molecule has 0 saturated heterocycles. The van der Waals surface area contributed by atoms with Crippen LogP contribution in [0.25, 0.3) is 0 Å². The van der Waals surface area contributed by atoms with E-state index >= 15 is 0 Å². The third-order valence-electron chi connectivity index (χ3n) is 1.10. The first-order valence-electron chi connectivity index (χ1n) is 2.78. The number of thiophene rings is 1. The summed E-state index contributed by atoms with van der Waals surface area (Å²) in [5.41, 5.74) is 5.32. The van der Waals surface area contributed by atoms with Gasteiger partial charge in [-0.2, -0.15) is 0 Å². The number of hydrogen-bond acceptors (Lipinski definition) is 3. The molecule has 10 heavy (non-hydrogen) atoms. The maximum Gasteiger partial charge on any atom is 0.180 e. The highest BCUT2D eigenvalue weighted by atomic mass is 32.1. The lowest BCUT2D eigenvalue weighted by Crippen LogP contribution is -2.10. The number of oxime groups is 1. The van der Waals surface area contributed by atoms with Crippen LogP contribution in [-0.2, 0) is 0 Å². The van der Waals surface area contributed by atoms with E-state index in [1.807, 2.05) is 19.1 Å². The summed E-state index contributed by atoms with van der Waals surface area (Å²) in [4.78, 5) is 1.96. The van der Waals surface area contributed by atoms with Crippen molar-refractivity contribution >= 4 is 17.2 Å². The molecule has 0 amide bonds. The molecule has 0 aliphatic heterocycles. The normalized spacial score (nSPS) is 11.9. The summed E-state index contributed by atoms with van der Waals surface area (Å²) >= 11 is 1.50. The smallest absolute Gasteiger partial charge is 0.180 e. The van der Waals surface area contributed by atoms with Gasteiger partial charge in [-0.25, -0.2) is 0 Å². The van der Waals surface area contributed by atoms with E-state index in [0.717, 1.165) is 9.75 Å². The van der Waals surface area contributed by atoms with E-state index in [0.29, 0.717) is 0 Å². The van der Waals surface area contributed by atoms with Crippen molar-refractivity contribution in [2.24, 2.45) is 10.9 Å². The zero-order valence-corrected chi connectivity index (χ0v) is 6.35. The Balaban J connectivity index is 2.95. The Labute approximate surface area is 62.8 Å². The number of nitrogens with zero attached hydrogens (tertiary/aromatic N) is 1. The number of hydrogen-bond donors (Lipinski definition) is 2. The van der Waals surface area contributed by atoms with E-state index in [4.69, 9.17) is 10.9 Å². The van der Waals surface area contributed by atoms with E-state index in [1.54, 1.807) is 0 Å². The minimum atomic E-state index is 0.179. The van der Waals surface area contributed by atoms with Crippen LogP contribution in [0.2, 0.25) is 0 Å². The van der Waals surface area contributed by atoms with Gasteiger partial charge < -0.3 is 10.9 Å². The fourth-order valence-corrected chi connectivity index (χ4v) is 1.39. The Morgan fingerprint density at radius 1 is 1.70 bits per heavy atom. The standard InChI is InChI=1S/C6H8N2OS/c1-4-2-3-5(10-4)6(7)8-9/h2-3,9H,1H3,(H2,7,8). The van der Waals surface area contributed by atoms with E-state index in [2.05, 4.69) is 5.16 Å². The van der Waals surface area contributed by atoms with Gasteiger partial charge in [0.1, 0.15) is 0 Å². The third kappa shape index (κ3) is 1.27. The zero-order valence-electron chi connectivity index (χ0n) is 5.53. The summed E-state index contributed by atoms with van der Waals surface area (Å²) in [6.07, 6.45) is 0. The molecule has 1 aromatic heterocycles. The highest BCUT2D eigenvalue weighted by molar-refractivity contribution is 7.14. The lowest BCUT2D eigenvalue weighted by atomic mass is 10.4. The predicted octanol–water partition coefficient (Wildman–Crippen LogP) is 1.15. The molecule has 0 saturated carbocycles. The van der Waals surface area contributed by atoms with Crippen molar-refractivity contribution in [2.75, 3.05) is 0 Å². The van der Waals surface area contributed by atoms with Crippen LogP contribution in [0.5, 0.6) is 0 Å². The van der Waals surface area contributed by atoms with Crippen LogP contribution < -0.4 is 5.73 Å². The van der Waals surface area contributed by atoms with Crippen LogP contribution >= 0.6 is 11.3 Å². The van der Waals surface area contributed by atoms with Gasteiger partial charge >= 0.3 is 0 Å². The molecule has 1 aromatic rings. The summed E-state index contributed by atoms with van der Waals surface area (Å²) in [5.74, 6) is 0.179. The van der Waals surface area contributed by atoms with Crippen LogP contribution in [0, 0.1) is 6.92 Å². The fourth-order valence-electron chi connectivity index (χ4n) is 0.621. The lowest BCUT2D eigenvalue weighted by molar-refractivity contribution is 0.319. The second kappa shape index (κ2) is 2.70. The molecule has 4 heteroatoms. The molecule has 1 rings (SSSR count). The molecular formula is C6H8N2OS. The van der Waals surface area contributed by atoms with Crippen molar-refractivity contribution in [3.8, 4) is 0 Å². The number of nitrogens with two attached hydrogens (primary N) is 1. The molecule has 0 aromatic carbocycles. The molecule has 3 N–H and O–H groups in total. The number of aryl methyl sites for hydroxylation is 1. The van der Waals surface area contributed by atoms with Gasteiger partial charge in [0.05, 0.1) is 4.88 Å². The quantitative estimate of drug-likeness (QED) is 0.277. The Morgan fingerprint density at radius 3 is 2.80 bits per heavy atom. The molecule has 0 unspecified atom stereocenters. The van der Waals surface area contributed by atoms with E-state index in [-0.39, 0.29) is 5.84 Å². The summed E-state index contributed by atoms with van der Waals surface area (Å²) in [6, 6.07) is 3.76. The van der Waals surface area contributed by atoms with Crippen LogP contribution in [0.4, 0.5) is 0 Å². The van der Waals surface area contributed by atoms with Crippen molar-refractivity contribution in [1.82, 2.24) is 0 Å². The monoisotopic (exact) mass is 156 g/mol. The average molecular weight is 156 g/mol. The van der Waals surface area contributed by atoms with E-state index in [9.17, 15) is 0 Å². The van der Waals surface area contributed by atoms with Gasteiger partial charge in [-0.3, -0.25) is 0 Å². The Kier molecular flexibility index (Phi) is 1.91. The maximum atomic E-state index is 8.27. The molecule has 0 aliphatic carbocycles. The summed E-state index contributed by atoms with van der Waals surface area (Å²) in [5, 5.41) is 11.1. The Bertz CT molecular complexity index is 254. The topological polar surface area (TPSA) is 58.6 Å². The molecule has 0 bridgehead atoms. The van der Waals surface area contributed by atoms with Crippen molar-refractivity contribution in [3.63, 3.8) is 0 Å². The molecule has 54 valence electrons. The van der Waals surface area contributed by atoms with Crippen molar-refractivity contribution in [1.29, 1.82) is 0 Å². The molecule has 0 atom stereocenters. The van der Waals surface area contributed by atoms with Gasteiger partial charge in [0.2, 0.25) is 0 Å². The second-order valence-electron chi connectivity index (χ2n) is 1.90. The van der Waals surface area contributed by atoms with Crippen molar-refractivity contribution < 1.29 is 5.21 Å². The molecule has 0 spiro atoms. The first-order chi connectivity index (χ1) is 4.74. The van der Waals surface area contributed by atoms with Gasteiger partial charge in [0.25, 0.3) is 0 Å². The highest BCUT2D eigenvalue weighted by Crippen LogP contribution is 2.13. The second-order valence-corrected chi connectivity index (χ2v) is 3.18. The van der Waals surface area contributed by atoms with Gasteiger partial charge in [0.15, 0.2) is 5.84 Å². The number of rotatable bonds is 1. The molecular weight excluding hydrogens is 148 g/mol. The average Bonchev–Trinajstić information content (AvgIpc) is 2.34. The fraction of sp³-hybridized carbons (Fsp3) is 0.167. The van der Waals surface area contributed by atoms with Crippen LogP contribution in [-0.4, -0.2) is 11.0 Å². The van der Waals surface area contributed by atoms with Crippen LogP contribution in [0.3, 0.4) is 0 Å². The van der Waals surface area contributed by atoms with E-state index < -0.39 is 0 Å². The summed E-state index contributed by atoms with van der Waals surface area (Å²) < 4.78 is 0. The third-order valence-corrected chi connectivity index (χ3v) is 2.12. The minimum absolute atomic E-state index is 0.179. The molecule has 3 nitrogen and oxygen atoms in total. The lowest BCUT2D eigenvalue weighted by Gasteiger charge is -1.88.